The maximum absolute atomic E-state index is 11.9. The van der Waals surface area contributed by atoms with Crippen LogP contribution in [0.1, 0.15) is 16.8 Å². The van der Waals surface area contributed by atoms with E-state index in [-0.39, 0.29) is 5.91 Å². The van der Waals surface area contributed by atoms with Crippen LogP contribution in [0.3, 0.4) is 0 Å². The van der Waals surface area contributed by atoms with Crippen LogP contribution in [-0.4, -0.2) is 22.0 Å². The van der Waals surface area contributed by atoms with Gasteiger partial charge in [0, 0.05) is 31.0 Å². The van der Waals surface area contributed by atoms with Crippen LogP contribution >= 0.6 is 11.6 Å². The van der Waals surface area contributed by atoms with Crippen molar-refractivity contribution in [1.29, 1.82) is 0 Å². The predicted molar refractivity (Wildman–Crippen MR) is 88.1 cm³/mol. The molecule has 22 heavy (non-hydrogen) atoms. The lowest BCUT2D eigenvalue weighted by Gasteiger charge is -2.07. The lowest BCUT2D eigenvalue weighted by molar-refractivity contribution is 0.0952. The first kappa shape index (κ1) is 14.6. The molecule has 0 unspecified atom stereocenters. The van der Waals surface area contributed by atoms with Crippen LogP contribution in [0.4, 0.5) is 0 Å². The van der Waals surface area contributed by atoms with Gasteiger partial charge in [-0.05, 0) is 36.1 Å². The van der Waals surface area contributed by atoms with Crippen molar-refractivity contribution >= 4 is 28.4 Å². The van der Waals surface area contributed by atoms with E-state index in [0.29, 0.717) is 17.3 Å². The summed E-state index contributed by atoms with van der Waals surface area (Å²) in [6.45, 7) is 1.49. The highest BCUT2D eigenvalue weighted by Gasteiger charge is 2.05. The van der Waals surface area contributed by atoms with Crippen molar-refractivity contribution in [1.82, 2.24) is 14.9 Å². The third kappa shape index (κ3) is 3.28. The second kappa shape index (κ2) is 6.62. The van der Waals surface area contributed by atoms with Crippen molar-refractivity contribution in [3.8, 4) is 0 Å². The predicted octanol–water partition coefficient (Wildman–Crippen LogP) is 3.51. The van der Waals surface area contributed by atoms with Gasteiger partial charge in [0.05, 0.1) is 5.56 Å². The number of pyridine rings is 1. The van der Waals surface area contributed by atoms with Crippen LogP contribution in [0.5, 0.6) is 0 Å². The number of aryl methyl sites for hydroxylation is 1. The highest BCUT2D eigenvalue weighted by Crippen LogP contribution is 2.15. The van der Waals surface area contributed by atoms with Gasteiger partial charge < -0.3 is 9.88 Å². The second-order valence-electron chi connectivity index (χ2n) is 5.05. The van der Waals surface area contributed by atoms with Crippen molar-refractivity contribution < 1.29 is 4.79 Å². The quantitative estimate of drug-likeness (QED) is 0.579. The number of halogens is 1. The number of nitrogens with one attached hydrogen (secondary N) is 1. The average molecular weight is 314 g/mol. The first-order valence-corrected chi connectivity index (χ1v) is 7.55. The summed E-state index contributed by atoms with van der Waals surface area (Å²) < 4.78 is 2.20. The molecule has 112 valence electrons. The molecule has 0 radical (unpaired) electrons. The third-order valence-corrected chi connectivity index (χ3v) is 3.75. The smallest absolute Gasteiger partial charge is 0.252 e. The summed E-state index contributed by atoms with van der Waals surface area (Å²) in [5.41, 5.74) is 1.74. The molecule has 0 aliphatic heterocycles. The number of fused-ring (bicyclic) bond motifs is 1. The van der Waals surface area contributed by atoms with Crippen molar-refractivity contribution in [3.05, 3.63) is 65.6 Å². The van der Waals surface area contributed by atoms with Gasteiger partial charge in [-0.3, -0.25) is 4.79 Å². The van der Waals surface area contributed by atoms with E-state index in [9.17, 15) is 4.79 Å². The van der Waals surface area contributed by atoms with Gasteiger partial charge in [-0.25, -0.2) is 4.98 Å². The maximum Gasteiger partial charge on any atom is 0.252 e. The topological polar surface area (TPSA) is 46.9 Å². The molecule has 0 saturated carbocycles. The summed E-state index contributed by atoms with van der Waals surface area (Å²) in [5, 5.41) is 4.51. The number of hydrogen-bond acceptors (Lipinski definition) is 2. The number of nitrogens with zero attached hydrogens (tertiary/aromatic N) is 2. The first-order chi connectivity index (χ1) is 10.7. The second-order valence-corrected chi connectivity index (χ2v) is 5.43. The van der Waals surface area contributed by atoms with E-state index in [1.165, 1.54) is 17.1 Å². The first-order valence-electron chi connectivity index (χ1n) is 7.18. The number of hydrogen-bond donors (Lipinski definition) is 1. The van der Waals surface area contributed by atoms with E-state index in [1.807, 2.05) is 12.1 Å². The molecule has 0 aliphatic carbocycles. The molecule has 0 saturated heterocycles. The number of carbonyl (C=O) groups is 1. The largest absolute Gasteiger partial charge is 0.352 e. The number of aromatic nitrogens is 2. The van der Waals surface area contributed by atoms with Gasteiger partial charge in [0.1, 0.15) is 5.15 Å². The summed E-state index contributed by atoms with van der Waals surface area (Å²) in [5.74, 6) is -0.124. The molecule has 1 amide bonds. The Balaban J connectivity index is 1.51. The molecule has 5 heteroatoms. The average Bonchev–Trinajstić information content (AvgIpc) is 2.95. The minimum Gasteiger partial charge on any atom is -0.352 e. The van der Waals surface area contributed by atoms with Crippen molar-refractivity contribution in [3.63, 3.8) is 0 Å². The molecule has 3 aromatic rings. The SMILES string of the molecule is O=C(NCCCn1ccc2ccccc21)c1ccc(Cl)nc1. The highest BCUT2D eigenvalue weighted by atomic mass is 35.5. The molecule has 1 N–H and O–H groups in total. The Bertz CT molecular complexity index is 780. The Morgan fingerprint density at radius 1 is 1.18 bits per heavy atom. The van der Waals surface area contributed by atoms with E-state index in [4.69, 9.17) is 11.6 Å². The molecule has 0 spiro atoms. The molecule has 0 bridgehead atoms. The summed E-state index contributed by atoms with van der Waals surface area (Å²) >= 11 is 5.70. The van der Waals surface area contributed by atoms with E-state index >= 15 is 0 Å². The summed E-state index contributed by atoms with van der Waals surface area (Å²) in [6.07, 6.45) is 4.43. The minimum atomic E-state index is -0.124. The fourth-order valence-corrected chi connectivity index (χ4v) is 2.51. The Hall–Kier alpha value is -2.33. The van der Waals surface area contributed by atoms with Crippen molar-refractivity contribution in [2.45, 2.75) is 13.0 Å². The van der Waals surface area contributed by atoms with Gasteiger partial charge in [-0.2, -0.15) is 0 Å². The number of amides is 1. The zero-order valence-corrected chi connectivity index (χ0v) is 12.8. The van der Waals surface area contributed by atoms with Crippen LogP contribution in [0, 0.1) is 0 Å². The van der Waals surface area contributed by atoms with Gasteiger partial charge in [-0.15, -0.1) is 0 Å². The van der Waals surface area contributed by atoms with Gasteiger partial charge in [0.2, 0.25) is 0 Å². The lowest BCUT2D eigenvalue weighted by Crippen LogP contribution is -2.25. The van der Waals surface area contributed by atoms with Crippen LogP contribution < -0.4 is 5.32 Å². The molecule has 2 heterocycles. The Morgan fingerprint density at radius 3 is 2.86 bits per heavy atom. The summed E-state index contributed by atoms with van der Waals surface area (Å²) in [7, 11) is 0. The molecular weight excluding hydrogens is 298 g/mol. The number of carbonyl (C=O) groups excluding carboxylic acids is 1. The van der Waals surface area contributed by atoms with E-state index in [0.717, 1.165) is 13.0 Å². The molecule has 0 atom stereocenters. The molecule has 3 rings (SSSR count). The van der Waals surface area contributed by atoms with Crippen LogP contribution in [-0.2, 0) is 6.54 Å². The molecular formula is C17H16ClN3O. The Kier molecular flexibility index (Phi) is 4.39. The third-order valence-electron chi connectivity index (χ3n) is 3.53. The fourth-order valence-electron chi connectivity index (χ4n) is 2.40. The summed E-state index contributed by atoms with van der Waals surface area (Å²) in [6, 6.07) is 13.7. The van der Waals surface area contributed by atoms with Gasteiger partial charge in [0.15, 0.2) is 0 Å². The molecule has 1 aromatic carbocycles. The molecule has 4 nitrogen and oxygen atoms in total. The van der Waals surface area contributed by atoms with E-state index < -0.39 is 0 Å². The van der Waals surface area contributed by atoms with Crippen molar-refractivity contribution in [2.75, 3.05) is 6.54 Å². The normalized spacial score (nSPS) is 10.8. The zero-order chi connectivity index (χ0) is 15.4. The fraction of sp³-hybridized carbons (Fsp3) is 0.176. The Morgan fingerprint density at radius 2 is 2.05 bits per heavy atom. The summed E-state index contributed by atoms with van der Waals surface area (Å²) in [4.78, 5) is 15.8. The van der Waals surface area contributed by atoms with Crippen LogP contribution in [0.2, 0.25) is 5.15 Å². The Labute approximate surface area is 133 Å². The minimum absolute atomic E-state index is 0.124. The maximum atomic E-state index is 11.9. The number of benzene rings is 1. The lowest BCUT2D eigenvalue weighted by atomic mass is 10.2. The molecule has 0 aliphatic rings. The van der Waals surface area contributed by atoms with Gasteiger partial charge in [0.25, 0.3) is 5.91 Å². The van der Waals surface area contributed by atoms with E-state index in [1.54, 1.807) is 12.1 Å². The van der Waals surface area contributed by atoms with Crippen LogP contribution in [0.25, 0.3) is 10.9 Å². The highest BCUT2D eigenvalue weighted by molar-refractivity contribution is 6.29. The van der Waals surface area contributed by atoms with Crippen LogP contribution in [0.15, 0.2) is 54.9 Å². The van der Waals surface area contributed by atoms with E-state index in [2.05, 4.69) is 39.3 Å². The van der Waals surface area contributed by atoms with Crippen molar-refractivity contribution in [2.24, 2.45) is 0 Å². The molecule has 0 fully saturated rings. The van der Waals surface area contributed by atoms with Gasteiger partial charge in [-0.1, -0.05) is 29.8 Å². The number of rotatable bonds is 5. The molecule has 2 aromatic heterocycles. The zero-order valence-electron chi connectivity index (χ0n) is 12.0. The monoisotopic (exact) mass is 313 g/mol. The van der Waals surface area contributed by atoms with Gasteiger partial charge >= 0.3 is 0 Å². The number of para-hydroxylation sites is 1. The standard InChI is InChI=1S/C17H16ClN3O/c18-16-7-6-14(12-20-16)17(22)19-9-3-10-21-11-8-13-4-1-2-5-15(13)21/h1-2,4-8,11-12H,3,9-10H2,(H,19,22).